The maximum Gasteiger partial charge on any atom is 2.00 e. The van der Waals surface area contributed by atoms with Crippen molar-refractivity contribution in [1.82, 2.24) is 12.3 Å². The van der Waals surface area contributed by atoms with E-state index in [1.807, 2.05) is 0 Å². The molecule has 18 heteroatoms. The van der Waals surface area contributed by atoms with Gasteiger partial charge in [-0.1, -0.05) is 0 Å². The Kier molecular flexibility index (Phi) is 137. The maximum atomic E-state index is 8.52. The van der Waals surface area contributed by atoms with Gasteiger partial charge in [-0.25, -0.2) is 0 Å². The summed E-state index contributed by atoms with van der Waals surface area (Å²) < 4.78 is 68.2. The van der Waals surface area contributed by atoms with Gasteiger partial charge in [0.05, 0.1) is 0 Å². The minimum atomic E-state index is -5.17. The van der Waals surface area contributed by atoms with Crippen molar-refractivity contribution in [2.24, 2.45) is 0 Å². The molecule has 0 aliphatic rings. The third-order valence-electron chi connectivity index (χ3n) is 0. The average molecular weight is 382 g/mol. The van der Waals surface area contributed by atoms with E-state index in [9.17, 15) is 0 Å². The molecule has 1 radical (unpaired) electrons. The van der Waals surface area contributed by atoms with E-state index in [2.05, 4.69) is 0 Å². The zero-order chi connectivity index (χ0) is 9.00. The molecule has 0 saturated carbocycles. The van der Waals surface area contributed by atoms with Crippen molar-refractivity contribution < 1.29 is 79.5 Å². The third-order valence-corrected chi connectivity index (χ3v) is 0. The van der Waals surface area contributed by atoms with Crippen LogP contribution in [0.2, 0.25) is 0 Å². The standard InChI is InChI=1S/Cu.2H3N.2H2O4S.5H2O/c;;;2*1-5(2,3)4;;;;;/h;2*1H3;2*(H2,1,2,3,4);5*1H2/q+2;;;;;;;;;/p-2. The second kappa shape index (κ2) is 30.2. The Morgan fingerprint density at radius 2 is 0.500 bits per heavy atom. The Morgan fingerprint density at radius 3 is 0.500 bits per heavy atom. The van der Waals surface area contributed by atoms with Gasteiger partial charge in [0.25, 0.3) is 0 Å². The molecule has 129 valence electrons. The quantitative estimate of drug-likeness (QED) is 0.230. The number of hydrogen-bond acceptors (Lipinski definition) is 8. The van der Waals surface area contributed by atoms with Crippen molar-refractivity contribution in [1.29, 1.82) is 0 Å². The topological polar surface area (TPSA) is 391 Å². The summed E-state index contributed by atoms with van der Waals surface area (Å²) in [6.07, 6.45) is 0. The molecular formula is H18CuN2O13S2. The Bertz CT molecular complexity index is 219. The van der Waals surface area contributed by atoms with Crippen molar-refractivity contribution in [2.45, 2.75) is 0 Å². The number of rotatable bonds is 0. The molecule has 0 amide bonds. The molecule has 18 heavy (non-hydrogen) atoms. The van der Waals surface area contributed by atoms with E-state index >= 15 is 0 Å². The molecule has 0 aromatic heterocycles. The van der Waals surface area contributed by atoms with Gasteiger partial charge in [-0.3, -0.25) is 16.8 Å². The molecule has 0 aliphatic heterocycles. The Labute approximate surface area is 113 Å². The van der Waals surface area contributed by atoms with E-state index in [0.717, 1.165) is 0 Å². The van der Waals surface area contributed by atoms with E-state index in [4.69, 9.17) is 35.0 Å². The van der Waals surface area contributed by atoms with Gasteiger partial charge in [-0.2, -0.15) is 0 Å². The van der Waals surface area contributed by atoms with Gasteiger partial charge in [0, 0.05) is 20.8 Å². The predicted molar refractivity (Wildman–Crippen MR) is 51.0 cm³/mol. The van der Waals surface area contributed by atoms with Crippen molar-refractivity contribution in [3.05, 3.63) is 0 Å². The molecule has 0 unspecified atom stereocenters. The van der Waals surface area contributed by atoms with Gasteiger partial charge in [0.1, 0.15) is 0 Å². The minimum absolute atomic E-state index is 0. The van der Waals surface area contributed by atoms with E-state index in [0.29, 0.717) is 0 Å². The summed E-state index contributed by atoms with van der Waals surface area (Å²) in [5.41, 5.74) is 0. The van der Waals surface area contributed by atoms with Crippen LogP contribution in [0.1, 0.15) is 0 Å². The number of quaternary nitrogens is 2. The van der Waals surface area contributed by atoms with Crippen LogP contribution in [-0.2, 0) is 37.9 Å². The van der Waals surface area contributed by atoms with E-state index in [1.165, 1.54) is 0 Å². The molecule has 0 bridgehead atoms. The van der Waals surface area contributed by atoms with Gasteiger partial charge >= 0.3 is 17.1 Å². The summed E-state index contributed by atoms with van der Waals surface area (Å²) in [6, 6.07) is 0. The summed E-state index contributed by atoms with van der Waals surface area (Å²) in [7, 11) is -10.3. The zero-order valence-corrected chi connectivity index (χ0v) is 11.5. The van der Waals surface area contributed by atoms with Gasteiger partial charge in [-0.15, -0.1) is 0 Å². The second-order valence-electron chi connectivity index (χ2n) is 0.816. The van der Waals surface area contributed by atoms with Crippen LogP contribution in [0.15, 0.2) is 0 Å². The van der Waals surface area contributed by atoms with Gasteiger partial charge in [0.2, 0.25) is 0 Å². The zero-order valence-electron chi connectivity index (χ0n) is 8.88. The van der Waals surface area contributed by atoms with Crippen LogP contribution in [0.25, 0.3) is 0 Å². The van der Waals surface area contributed by atoms with Crippen LogP contribution in [0.5, 0.6) is 0 Å². The average Bonchev–Trinajstić information content (AvgIpc) is 1.12. The Balaban J connectivity index is -0.00000000615. The molecule has 0 spiro atoms. The first-order valence-electron chi connectivity index (χ1n) is 1.33. The Hall–Kier alpha value is -0.0205. The van der Waals surface area contributed by atoms with Crippen LogP contribution in [-0.4, -0.2) is 62.4 Å². The van der Waals surface area contributed by atoms with Gasteiger partial charge in [0.15, 0.2) is 0 Å². The van der Waals surface area contributed by atoms with Gasteiger partial charge in [-0.05, 0) is 0 Å². The molecule has 0 fully saturated rings. The monoisotopic (exact) mass is 381 g/mol. The van der Waals surface area contributed by atoms with Crippen LogP contribution in [0.4, 0.5) is 0 Å². The summed E-state index contributed by atoms with van der Waals surface area (Å²) >= 11 is 0. The fourth-order valence-electron chi connectivity index (χ4n) is 0. The minimum Gasteiger partial charge on any atom is -0.759 e. The van der Waals surface area contributed by atoms with E-state index in [1.54, 1.807) is 0 Å². The molecule has 0 aliphatic carbocycles. The summed E-state index contributed by atoms with van der Waals surface area (Å²) in [4.78, 5) is 0. The SMILES string of the molecule is O.O.O.O.O.O=S(=O)([O-])[O-].O=S(=O)([O-])[O-].[Cu+2].[NH4+].[NH4+]. The van der Waals surface area contributed by atoms with Crippen molar-refractivity contribution in [2.75, 3.05) is 0 Å². The molecule has 0 aromatic rings. The van der Waals surface area contributed by atoms with E-state index < -0.39 is 20.8 Å². The molecule has 15 nitrogen and oxygen atoms in total. The van der Waals surface area contributed by atoms with Crippen LogP contribution < -0.4 is 12.3 Å². The van der Waals surface area contributed by atoms with Crippen LogP contribution >= 0.6 is 0 Å². The second-order valence-corrected chi connectivity index (χ2v) is 2.45. The van der Waals surface area contributed by atoms with Crippen LogP contribution in [0.3, 0.4) is 0 Å². The largest absolute Gasteiger partial charge is 2.00 e. The van der Waals surface area contributed by atoms with Crippen molar-refractivity contribution >= 4 is 20.8 Å². The molecule has 0 rings (SSSR count). The fraction of sp³-hybridized carbons (Fsp3) is 0. The molecule has 0 heterocycles. The first-order valence-corrected chi connectivity index (χ1v) is 4.00. The fourth-order valence-corrected chi connectivity index (χ4v) is 0. The molecule has 0 saturated heterocycles. The third kappa shape index (κ3) is 8520000. The van der Waals surface area contributed by atoms with Crippen molar-refractivity contribution in [3.63, 3.8) is 0 Å². The normalized spacial score (nSPS) is 6.44. The smallest absolute Gasteiger partial charge is 0.759 e. The molecule has 0 atom stereocenters. The van der Waals surface area contributed by atoms with Gasteiger partial charge < -0.3 is 57.9 Å². The van der Waals surface area contributed by atoms with E-state index in [-0.39, 0.29) is 56.8 Å². The summed E-state index contributed by atoms with van der Waals surface area (Å²) in [5, 5.41) is 0. The summed E-state index contributed by atoms with van der Waals surface area (Å²) in [5.74, 6) is 0. The molecular weight excluding hydrogens is 364 g/mol. The summed E-state index contributed by atoms with van der Waals surface area (Å²) in [6.45, 7) is 0. The maximum absolute atomic E-state index is 8.52. The van der Waals surface area contributed by atoms with Crippen molar-refractivity contribution in [3.8, 4) is 0 Å². The molecule has 0 aromatic carbocycles. The molecule has 18 N–H and O–H groups in total. The predicted octanol–water partition coefficient (Wildman–Crippen LogP) is -6.05. The number of hydrogen-bond donors (Lipinski definition) is 2. The first kappa shape index (κ1) is 81.4. The van der Waals surface area contributed by atoms with Crippen LogP contribution in [0, 0.1) is 0 Å². The first-order chi connectivity index (χ1) is 4.00. The Morgan fingerprint density at radius 1 is 0.500 bits per heavy atom.